The molecule has 0 aromatic heterocycles. The molecule has 3 rings (SSSR count). The number of benzene rings is 1. The number of esters is 2. The second-order valence-corrected chi connectivity index (χ2v) is 7.98. The minimum absolute atomic E-state index is 0.0759. The van der Waals surface area contributed by atoms with Crippen LogP contribution >= 0.6 is 0 Å². The minimum Gasteiger partial charge on any atom is -0.469 e. The number of methoxy groups -OCH3 is 2. The molecule has 2 fully saturated rings. The van der Waals surface area contributed by atoms with Gasteiger partial charge in [-0.3, -0.25) is 14.4 Å². The summed E-state index contributed by atoms with van der Waals surface area (Å²) < 4.78 is 9.66. The Morgan fingerprint density at radius 2 is 1.70 bits per heavy atom. The van der Waals surface area contributed by atoms with Crippen molar-refractivity contribution in [2.45, 2.75) is 38.8 Å². The number of piperidine rings is 1. The van der Waals surface area contributed by atoms with Crippen molar-refractivity contribution >= 4 is 23.8 Å². The van der Waals surface area contributed by atoms with Crippen molar-refractivity contribution in [3.8, 4) is 0 Å². The van der Waals surface area contributed by atoms with Crippen molar-refractivity contribution in [2.75, 3.05) is 27.3 Å². The summed E-state index contributed by atoms with van der Waals surface area (Å²) in [5.41, 5.74) is 2.15. The highest BCUT2D eigenvalue weighted by Crippen LogP contribution is 2.29. The molecular formula is C22H28N2O6. The quantitative estimate of drug-likeness (QED) is 0.672. The van der Waals surface area contributed by atoms with Crippen molar-refractivity contribution < 1.29 is 28.7 Å². The normalized spacial score (nSPS) is 24.0. The molecule has 0 spiro atoms. The fourth-order valence-electron chi connectivity index (χ4n) is 4.21. The largest absolute Gasteiger partial charge is 0.469 e. The van der Waals surface area contributed by atoms with E-state index in [0.717, 1.165) is 11.1 Å². The summed E-state index contributed by atoms with van der Waals surface area (Å²) in [6, 6.07) is 7.09. The fourth-order valence-corrected chi connectivity index (χ4v) is 4.21. The standard InChI is InChI=1S/C22H28N2O6/c1-14-4-6-15(7-5-14)12-23-13-17(11-19(23)25)20(26)24-9-8-16(21(27)29-2)10-18(24)22(28)30-3/h4-7,16-18H,8-13H2,1-3H3/t16-,17-,18+/m1/s1. The van der Waals surface area contributed by atoms with Crippen LogP contribution in [0.25, 0.3) is 0 Å². The Kier molecular flexibility index (Phi) is 6.74. The molecule has 1 aromatic rings. The van der Waals surface area contributed by atoms with Crippen molar-refractivity contribution in [1.29, 1.82) is 0 Å². The van der Waals surface area contributed by atoms with Crippen LogP contribution < -0.4 is 0 Å². The predicted molar refractivity (Wildman–Crippen MR) is 107 cm³/mol. The molecule has 2 aliphatic heterocycles. The predicted octanol–water partition coefficient (Wildman–Crippen LogP) is 1.30. The van der Waals surface area contributed by atoms with E-state index in [1.54, 1.807) is 4.90 Å². The van der Waals surface area contributed by atoms with Gasteiger partial charge in [0, 0.05) is 26.1 Å². The summed E-state index contributed by atoms with van der Waals surface area (Å²) in [4.78, 5) is 53.1. The number of hydrogen-bond donors (Lipinski definition) is 0. The van der Waals surface area contributed by atoms with Crippen LogP contribution in [0.15, 0.2) is 24.3 Å². The minimum atomic E-state index is -0.846. The first kappa shape index (κ1) is 21.8. The van der Waals surface area contributed by atoms with Gasteiger partial charge in [-0.1, -0.05) is 29.8 Å². The smallest absolute Gasteiger partial charge is 0.328 e. The third-order valence-corrected chi connectivity index (χ3v) is 5.95. The Labute approximate surface area is 176 Å². The molecular weight excluding hydrogens is 388 g/mol. The molecule has 0 bridgehead atoms. The maximum Gasteiger partial charge on any atom is 0.328 e. The molecule has 0 radical (unpaired) electrons. The molecule has 0 N–H and O–H groups in total. The van der Waals surface area contributed by atoms with Crippen LogP contribution in [-0.2, 0) is 35.2 Å². The van der Waals surface area contributed by atoms with E-state index in [1.165, 1.54) is 19.1 Å². The molecule has 0 unspecified atom stereocenters. The summed E-state index contributed by atoms with van der Waals surface area (Å²) in [6.07, 6.45) is 0.702. The third kappa shape index (κ3) is 4.63. The van der Waals surface area contributed by atoms with E-state index in [9.17, 15) is 19.2 Å². The molecule has 2 aliphatic rings. The highest BCUT2D eigenvalue weighted by Gasteiger charge is 2.44. The molecule has 8 nitrogen and oxygen atoms in total. The molecule has 0 aliphatic carbocycles. The molecule has 2 saturated heterocycles. The number of carbonyl (C=O) groups excluding carboxylic acids is 4. The lowest BCUT2D eigenvalue weighted by Gasteiger charge is -2.38. The zero-order chi connectivity index (χ0) is 21.8. The molecule has 0 saturated carbocycles. The van der Waals surface area contributed by atoms with Gasteiger partial charge >= 0.3 is 11.9 Å². The first-order chi connectivity index (χ1) is 14.3. The summed E-state index contributed by atoms with van der Waals surface area (Å²) >= 11 is 0. The molecule has 8 heteroatoms. The number of aryl methyl sites for hydroxylation is 1. The van der Waals surface area contributed by atoms with Gasteiger partial charge in [0.05, 0.1) is 26.1 Å². The Hall–Kier alpha value is -2.90. The summed E-state index contributed by atoms with van der Waals surface area (Å²) in [5, 5.41) is 0. The highest BCUT2D eigenvalue weighted by molar-refractivity contribution is 5.92. The van der Waals surface area contributed by atoms with Crippen molar-refractivity contribution in [3.05, 3.63) is 35.4 Å². The summed E-state index contributed by atoms with van der Waals surface area (Å²) in [5.74, 6) is -2.23. The zero-order valence-electron chi connectivity index (χ0n) is 17.6. The lowest BCUT2D eigenvalue weighted by molar-refractivity contribution is -0.161. The van der Waals surface area contributed by atoms with E-state index in [1.807, 2.05) is 31.2 Å². The van der Waals surface area contributed by atoms with Crippen LogP contribution in [0.2, 0.25) is 0 Å². The maximum absolute atomic E-state index is 13.2. The van der Waals surface area contributed by atoms with E-state index in [0.29, 0.717) is 19.5 Å². The Morgan fingerprint density at radius 1 is 1.03 bits per heavy atom. The van der Waals surface area contributed by atoms with E-state index >= 15 is 0 Å². The zero-order valence-corrected chi connectivity index (χ0v) is 17.6. The lowest BCUT2D eigenvalue weighted by Crippen LogP contribution is -2.53. The van der Waals surface area contributed by atoms with E-state index in [2.05, 4.69) is 0 Å². The average molecular weight is 416 g/mol. The van der Waals surface area contributed by atoms with Crippen LogP contribution in [-0.4, -0.2) is 66.9 Å². The van der Waals surface area contributed by atoms with Crippen LogP contribution in [0, 0.1) is 18.8 Å². The van der Waals surface area contributed by atoms with Gasteiger partial charge in [0.1, 0.15) is 6.04 Å². The van der Waals surface area contributed by atoms with Gasteiger partial charge in [-0.05, 0) is 25.3 Å². The monoisotopic (exact) mass is 416 g/mol. The van der Waals surface area contributed by atoms with Crippen molar-refractivity contribution in [3.63, 3.8) is 0 Å². The number of likely N-dealkylation sites (tertiary alicyclic amines) is 2. The van der Waals surface area contributed by atoms with Gasteiger partial charge in [-0.2, -0.15) is 0 Å². The second-order valence-electron chi connectivity index (χ2n) is 7.98. The molecule has 30 heavy (non-hydrogen) atoms. The van der Waals surface area contributed by atoms with Gasteiger partial charge in [0.25, 0.3) is 0 Å². The van der Waals surface area contributed by atoms with Gasteiger partial charge in [-0.25, -0.2) is 4.79 Å². The van der Waals surface area contributed by atoms with Crippen LogP contribution in [0.3, 0.4) is 0 Å². The Morgan fingerprint density at radius 3 is 2.33 bits per heavy atom. The number of amides is 2. The van der Waals surface area contributed by atoms with E-state index in [4.69, 9.17) is 9.47 Å². The first-order valence-corrected chi connectivity index (χ1v) is 10.1. The van der Waals surface area contributed by atoms with Gasteiger partial charge in [0.2, 0.25) is 11.8 Å². The first-order valence-electron chi connectivity index (χ1n) is 10.1. The summed E-state index contributed by atoms with van der Waals surface area (Å²) in [7, 11) is 2.56. The third-order valence-electron chi connectivity index (χ3n) is 5.95. The molecule has 2 amide bonds. The van der Waals surface area contributed by atoms with E-state index < -0.39 is 29.8 Å². The van der Waals surface area contributed by atoms with Crippen molar-refractivity contribution in [2.24, 2.45) is 11.8 Å². The second kappa shape index (κ2) is 9.28. The number of ether oxygens (including phenoxy) is 2. The SMILES string of the molecule is COC(=O)[C@@H]1CCN(C(=O)[C@@H]2CC(=O)N(Cc3ccc(C)cc3)C2)[C@H](C(=O)OC)C1. The van der Waals surface area contributed by atoms with Gasteiger partial charge in [0.15, 0.2) is 0 Å². The van der Waals surface area contributed by atoms with Crippen LogP contribution in [0.4, 0.5) is 0 Å². The highest BCUT2D eigenvalue weighted by atomic mass is 16.5. The number of nitrogens with zero attached hydrogens (tertiary/aromatic N) is 2. The Balaban J connectivity index is 1.68. The van der Waals surface area contributed by atoms with Crippen LogP contribution in [0.5, 0.6) is 0 Å². The van der Waals surface area contributed by atoms with Gasteiger partial charge < -0.3 is 19.3 Å². The fraction of sp³-hybridized carbons (Fsp3) is 0.545. The van der Waals surface area contributed by atoms with E-state index in [-0.39, 0.29) is 31.2 Å². The molecule has 1 aromatic carbocycles. The lowest BCUT2D eigenvalue weighted by atomic mass is 9.89. The number of hydrogen-bond acceptors (Lipinski definition) is 6. The molecule has 162 valence electrons. The average Bonchev–Trinajstić information content (AvgIpc) is 3.13. The summed E-state index contributed by atoms with van der Waals surface area (Å²) in [6.45, 7) is 3.02. The number of carbonyl (C=O) groups is 4. The molecule has 3 atom stereocenters. The number of rotatable bonds is 5. The Bertz CT molecular complexity index is 821. The van der Waals surface area contributed by atoms with Crippen LogP contribution in [0.1, 0.15) is 30.4 Å². The maximum atomic E-state index is 13.2. The topological polar surface area (TPSA) is 93.2 Å². The molecule has 2 heterocycles. The van der Waals surface area contributed by atoms with Gasteiger partial charge in [-0.15, -0.1) is 0 Å². The van der Waals surface area contributed by atoms with Crippen molar-refractivity contribution in [1.82, 2.24) is 9.80 Å².